The molecule has 0 spiro atoms. The Morgan fingerprint density at radius 2 is 2.16 bits per heavy atom. The molecule has 19 heavy (non-hydrogen) atoms. The number of ether oxygens (including phenoxy) is 2. The Kier molecular flexibility index (Phi) is 5.36. The Morgan fingerprint density at radius 3 is 2.89 bits per heavy atom. The van der Waals surface area contributed by atoms with E-state index in [4.69, 9.17) is 14.5 Å². The summed E-state index contributed by atoms with van der Waals surface area (Å²) in [4.78, 5) is 4.79. The first-order valence-corrected chi connectivity index (χ1v) is 7.09. The molecule has 1 N–H and O–H groups in total. The van der Waals surface area contributed by atoms with Crippen LogP contribution in [0, 0.1) is 0 Å². The van der Waals surface area contributed by atoms with Gasteiger partial charge in [0.2, 0.25) is 0 Å². The molecule has 5 nitrogen and oxygen atoms in total. The standard InChI is InChI=1S/C14H25N3O2/c1-11(2)14-16-12-10-15-5-4-13(12)17(14)6-7-19-9-8-18-3/h11,15H,4-10H2,1-3H3. The van der Waals surface area contributed by atoms with E-state index in [2.05, 4.69) is 23.7 Å². The van der Waals surface area contributed by atoms with E-state index in [-0.39, 0.29) is 0 Å². The number of hydrogen-bond donors (Lipinski definition) is 1. The van der Waals surface area contributed by atoms with Gasteiger partial charge in [0, 0.05) is 44.8 Å². The summed E-state index contributed by atoms with van der Waals surface area (Å²) in [5, 5.41) is 3.38. The molecule has 0 radical (unpaired) electrons. The van der Waals surface area contributed by atoms with Crippen molar-refractivity contribution in [1.82, 2.24) is 14.9 Å². The predicted octanol–water partition coefficient (Wildman–Crippen LogP) is 1.32. The number of nitrogens with zero attached hydrogens (tertiary/aromatic N) is 2. The zero-order valence-electron chi connectivity index (χ0n) is 12.2. The number of hydrogen-bond acceptors (Lipinski definition) is 4. The molecule has 2 heterocycles. The highest BCUT2D eigenvalue weighted by atomic mass is 16.5. The number of fused-ring (bicyclic) bond motifs is 1. The fourth-order valence-electron chi connectivity index (χ4n) is 2.48. The molecule has 108 valence electrons. The molecule has 0 aromatic carbocycles. The van der Waals surface area contributed by atoms with Crippen LogP contribution in [0.4, 0.5) is 0 Å². The van der Waals surface area contributed by atoms with Crippen LogP contribution in [0.25, 0.3) is 0 Å². The van der Waals surface area contributed by atoms with Crippen LogP contribution in [-0.4, -0.2) is 43.0 Å². The molecular formula is C14H25N3O2. The molecular weight excluding hydrogens is 242 g/mol. The first-order chi connectivity index (χ1) is 9.24. The maximum atomic E-state index is 5.58. The number of nitrogens with one attached hydrogen (secondary N) is 1. The molecule has 0 bridgehead atoms. The van der Waals surface area contributed by atoms with Gasteiger partial charge in [0.1, 0.15) is 5.82 Å². The van der Waals surface area contributed by atoms with E-state index < -0.39 is 0 Å². The zero-order chi connectivity index (χ0) is 13.7. The Balaban J connectivity index is 2.02. The van der Waals surface area contributed by atoms with Crippen LogP contribution in [0.15, 0.2) is 0 Å². The highest BCUT2D eigenvalue weighted by Crippen LogP contribution is 2.21. The summed E-state index contributed by atoms with van der Waals surface area (Å²) in [7, 11) is 1.69. The van der Waals surface area contributed by atoms with Gasteiger partial charge >= 0.3 is 0 Å². The van der Waals surface area contributed by atoms with Crippen molar-refractivity contribution in [3.05, 3.63) is 17.2 Å². The van der Waals surface area contributed by atoms with Crippen LogP contribution in [0.2, 0.25) is 0 Å². The Labute approximate surface area is 115 Å². The largest absolute Gasteiger partial charge is 0.382 e. The van der Waals surface area contributed by atoms with Crippen molar-refractivity contribution in [3.8, 4) is 0 Å². The number of rotatable bonds is 7. The third-order valence-electron chi connectivity index (χ3n) is 3.42. The maximum absolute atomic E-state index is 5.58. The molecule has 0 saturated heterocycles. The highest BCUT2D eigenvalue weighted by molar-refractivity contribution is 5.21. The van der Waals surface area contributed by atoms with Crippen LogP contribution in [0.3, 0.4) is 0 Å². The topological polar surface area (TPSA) is 48.3 Å². The van der Waals surface area contributed by atoms with Crippen molar-refractivity contribution >= 4 is 0 Å². The van der Waals surface area contributed by atoms with E-state index in [1.54, 1.807) is 7.11 Å². The second kappa shape index (κ2) is 7.03. The van der Waals surface area contributed by atoms with E-state index in [0.717, 1.165) is 32.7 Å². The van der Waals surface area contributed by atoms with Crippen LogP contribution >= 0.6 is 0 Å². The monoisotopic (exact) mass is 267 g/mol. The highest BCUT2D eigenvalue weighted by Gasteiger charge is 2.20. The van der Waals surface area contributed by atoms with E-state index >= 15 is 0 Å². The Bertz CT molecular complexity index is 402. The van der Waals surface area contributed by atoms with Crippen LogP contribution in [0.1, 0.15) is 37.0 Å². The minimum Gasteiger partial charge on any atom is -0.382 e. The normalized spacial score (nSPS) is 14.9. The van der Waals surface area contributed by atoms with Crippen LogP contribution < -0.4 is 5.32 Å². The molecule has 0 saturated carbocycles. The lowest BCUT2D eigenvalue weighted by Crippen LogP contribution is -2.25. The van der Waals surface area contributed by atoms with Gasteiger partial charge in [-0.3, -0.25) is 0 Å². The molecule has 0 fully saturated rings. The van der Waals surface area contributed by atoms with Gasteiger partial charge in [0.25, 0.3) is 0 Å². The average Bonchev–Trinajstić information content (AvgIpc) is 2.78. The van der Waals surface area contributed by atoms with Crippen molar-refractivity contribution in [3.63, 3.8) is 0 Å². The quantitative estimate of drug-likeness (QED) is 0.757. The summed E-state index contributed by atoms with van der Waals surface area (Å²) >= 11 is 0. The summed E-state index contributed by atoms with van der Waals surface area (Å²) in [6.45, 7) is 9.26. The van der Waals surface area contributed by atoms with Crippen molar-refractivity contribution in [2.75, 3.05) is 33.5 Å². The third kappa shape index (κ3) is 3.55. The zero-order valence-corrected chi connectivity index (χ0v) is 12.2. The van der Waals surface area contributed by atoms with Gasteiger partial charge < -0.3 is 19.4 Å². The first-order valence-electron chi connectivity index (χ1n) is 7.09. The van der Waals surface area contributed by atoms with Crippen molar-refractivity contribution in [2.24, 2.45) is 0 Å². The summed E-state index contributed by atoms with van der Waals surface area (Å²) in [6, 6.07) is 0. The van der Waals surface area contributed by atoms with Gasteiger partial charge in [0.05, 0.1) is 25.5 Å². The SMILES string of the molecule is COCCOCCn1c(C(C)C)nc2c1CCNC2. The lowest BCUT2D eigenvalue weighted by molar-refractivity contribution is 0.0660. The average molecular weight is 267 g/mol. The van der Waals surface area contributed by atoms with Gasteiger partial charge in [0.15, 0.2) is 0 Å². The summed E-state index contributed by atoms with van der Waals surface area (Å²) in [6.07, 6.45) is 1.06. The van der Waals surface area contributed by atoms with Gasteiger partial charge in [-0.1, -0.05) is 13.8 Å². The molecule has 0 unspecified atom stereocenters. The van der Waals surface area contributed by atoms with E-state index in [0.29, 0.717) is 19.1 Å². The van der Waals surface area contributed by atoms with Crippen molar-refractivity contribution in [1.29, 1.82) is 0 Å². The van der Waals surface area contributed by atoms with Gasteiger partial charge in [-0.25, -0.2) is 4.98 Å². The lowest BCUT2D eigenvalue weighted by Gasteiger charge is -2.17. The molecule has 1 aromatic rings. The lowest BCUT2D eigenvalue weighted by atomic mass is 10.2. The molecule has 0 amide bonds. The van der Waals surface area contributed by atoms with Crippen LogP contribution in [0.5, 0.6) is 0 Å². The minimum absolute atomic E-state index is 0.449. The number of methoxy groups -OCH3 is 1. The molecule has 1 aromatic heterocycles. The molecule has 5 heteroatoms. The fraction of sp³-hybridized carbons (Fsp3) is 0.786. The maximum Gasteiger partial charge on any atom is 0.111 e. The first kappa shape index (κ1) is 14.5. The number of aromatic nitrogens is 2. The molecule has 0 atom stereocenters. The van der Waals surface area contributed by atoms with Crippen LogP contribution in [-0.2, 0) is 29.0 Å². The Hall–Kier alpha value is -0.910. The molecule has 1 aliphatic heterocycles. The van der Waals surface area contributed by atoms with Gasteiger partial charge in [-0.05, 0) is 0 Å². The molecule has 0 aliphatic carbocycles. The van der Waals surface area contributed by atoms with Gasteiger partial charge in [-0.15, -0.1) is 0 Å². The van der Waals surface area contributed by atoms with Crippen molar-refractivity contribution < 1.29 is 9.47 Å². The Morgan fingerprint density at radius 1 is 1.32 bits per heavy atom. The van der Waals surface area contributed by atoms with E-state index in [1.165, 1.54) is 17.2 Å². The van der Waals surface area contributed by atoms with Crippen molar-refractivity contribution in [2.45, 2.75) is 39.3 Å². The number of imidazole rings is 1. The predicted molar refractivity (Wildman–Crippen MR) is 74.4 cm³/mol. The fourth-order valence-corrected chi connectivity index (χ4v) is 2.48. The minimum atomic E-state index is 0.449. The molecule has 2 rings (SSSR count). The van der Waals surface area contributed by atoms with Gasteiger partial charge in [-0.2, -0.15) is 0 Å². The smallest absolute Gasteiger partial charge is 0.111 e. The second-order valence-corrected chi connectivity index (χ2v) is 5.20. The summed E-state index contributed by atoms with van der Waals surface area (Å²) in [5.41, 5.74) is 2.60. The molecule has 1 aliphatic rings. The summed E-state index contributed by atoms with van der Waals surface area (Å²) < 4.78 is 12.9. The van der Waals surface area contributed by atoms with E-state index in [1.807, 2.05) is 0 Å². The summed E-state index contributed by atoms with van der Waals surface area (Å²) in [5.74, 6) is 1.63. The second-order valence-electron chi connectivity index (χ2n) is 5.20. The third-order valence-corrected chi connectivity index (χ3v) is 3.42. The van der Waals surface area contributed by atoms with E-state index in [9.17, 15) is 0 Å².